The van der Waals surface area contributed by atoms with Gasteiger partial charge >= 0.3 is 5.69 Å². The van der Waals surface area contributed by atoms with Gasteiger partial charge in [-0.1, -0.05) is 6.92 Å². The number of nitrogens with zero attached hydrogens (tertiary/aromatic N) is 6. The summed E-state index contributed by atoms with van der Waals surface area (Å²) in [4.78, 5) is 26.8. The molecule has 0 saturated carbocycles. The number of furan rings is 1. The van der Waals surface area contributed by atoms with E-state index in [0.717, 1.165) is 35.9 Å². The zero-order valence-electron chi connectivity index (χ0n) is 19.2. The number of rotatable bonds is 4. The van der Waals surface area contributed by atoms with Crippen molar-refractivity contribution in [3.63, 3.8) is 0 Å². The van der Waals surface area contributed by atoms with Gasteiger partial charge in [-0.15, -0.1) is 0 Å². The van der Waals surface area contributed by atoms with Crippen LogP contribution in [0.1, 0.15) is 37.9 Å². The summed E-state index contributed by atoms with van der Waals surface area (Å²) in [5, 5.41) is 4.99. The Morgan fingerprint density at radius 3 is 2.85 bits per heavy atom. The fraction of sp³-hybridized carbons (Fsp3) is 0.375. The van der Waals surface area contributed by atoms with E-state index in [4.69, 9.17) is 18.6 Å². The van der Waals surface area contributed by atoms with Crippen molar-refractivity contribution in [2.75, 3.05) is 6.61 Å². The summed E-state index contributed by atoms with van der Waals surface area (Å²) in [5.74, 6) is 0.605. The molecule has 34 heavy (non-hydrogen) atoms. The van der Waals surface area contributed by atoms with Gasteiger partial charge in [-0.25, -0.2) is 14.8 Å². The quantitative estimate of drug-likeness (QED) is 0.395. The molecule has 2 atom stereocenters. The standard InChI is InChI=1S/C24H24N6O4/c1-4-16-7-15(5-6-32-16)30-21-18-8-17(19-10-25-12-33-19)13(2)27-23(18)34-22(21)20(28-24(30)31)14-9-26-29(3)11-14/h8-12,15-16H,4-7H2,1-3H3/t15?,16-/m0/s1. The Balaban J connectivity index is 1.68. The predicted octanol–water partition coefficient (Wildman–Crippen LogP) is 4.03. The van der Waals surface area contributed by atoms with Crippen molar-refractivity contribution in [1.82, 2.24) is 29.3 Å². The second kappa shape index (κ2) is 7.91. The molecule has 0 amide bonds. The molecule has 5 aromatic rings. The Morgan fingerprint density at radius 1 is 1.24 bits per heavy atom. The first-order valence-electron chi connectivity index (χ1n) is 11.4. The SMILES string of the molecule is CC[C@H]1CC(n2c(=O)nc(-c3cnn(C)c3)c3oc4nc(C)c(-c5cnco5)cc4c32)CCO1. The highest BCUT2D eigenvalue weighted by atomic mass is 16.5. The van der Waals surface area contributed by atoms with E-state index in [1.807, 2.05) is 26.2 Å². The smallest absolute Gasteiger partial charge is 0.349 e. The van der Waals surface area contributed by atoms with E-state index in [1.165, 1.54) is 6.39 Å². The molecule has 6 heterocycles. The van der Waals surface area contributed by atoms with Crippen LogP contribution in [-0.4, -0.2) is 42.0 Å². The highest BCUT2D eigenvalue weighted by Gasteiger charge is 2.29. The van der Waals surface area contributed by atoms with E-state index in [1.54, 1.807) is 21.6 Å². The molecule has 1 fully saturated rings. The van der Waals surface area contributed by atoms with E-state index in [0.29, 0.717) is 40.4 Å². The molecule has 10 heteroatoms. The maximum atomic E-state index is 13.5. The summed E-state index contributed by atoms with van der Waals surface area (Å²) in [7, 11) is 1.82. The van der Waals surface area contributed by atoms with Crippen molar-refractivity contribution < 1.29 is 13.6 Å². The molecule has 1 unspecified atom stereocenters. The summed E-state index contributed by atoms with van der Waals surface area (Å²) in [5.41, 5.74) is 4.03. The Hall–Kier alpha value is -3.79. The largest absolute Gasteiger partial charge is 0.443 e. The minimum Gasteiger partial charge on any atom is -0.443 e. The first kappa shape index (κ1) is 20.8. The molecular formula is C24H24N6O4. The molecule has 0 aliphatic carbocycles. The predicted molar refractivity (Wildman–Crippen MR) is 124 cm³/mol. The van der Waals surface area contributed by atoms with Crippen LogP contribution in [0.25, 0.3) is 44.8 Å². The van der Waals surface area contributed by atoms with E-state index in [9.17, 15) is 4.79 Å². The second-order valence-electron chi connectivity index (χ2n) is 8.71. The number of pyridine rings is 1. The van der Waals surface area contributed by atoms with Gasteiger partial charge in [-0.05, 0) is 32.3 Å². The van der Waals surface area contributed by atoms with Crippen LogP contribution in [0.3, 0.4) is 0 Å². The molecule has 10 nitrogen and oxygen atoms in total. The number of aryl methyl sites for hydroxylation is 2. The van der Waals surface area contributed by atoms with E-state index >= 15 is 0 Å². The first-order valence-corrected chi connectivity index (χ1v) is 11.4. The molecule has 0 bridgehead atoms. The third-order valence-corrected chi connectivity index (χ3v) is 6.55. The lowest BCUT2D eigenvalue weighted by molar-refractivity contribution is -0.00709. The topological polar surface area (TPSA) is 114 Å². The summed E-state index contributed by atoms with van der Waals surface area (Å²) in [6.07, 6.45) is 8.98. The van der Waals surface area contributed by atoms with Crippen LogP contribution in [0.5, 0.6) is 0 Å². The Labute approximate surface area is 194 Å². The molecule has 174 valence electrons. The molecule has 1 aliphatic heterocycles. The molecule has 5 aromatic heterocycles. The molecule has 6 rings (SSSR count). The van der Waals surface area contributed by atoms with Crippen LogP contribution >= 0.6 is 0 Å². The van der Waals surface area contributed by atoms with Crippen molar-refractivity contribution >= 4 is 22.2 Å². The van der Waals surface area contributed by atoms with E-state index in [2.05, 4.69) is 22.0 Å². The first-order chi connectivity index (χ1) is 16.5. The average Bonchev–Trinajstić information content (AvgIpc) is 3.58. The minimum atomic E-state index is -0.322. The van der Waals surface area contributed by atoms with Gasteiger partial charge in [-0.3, -0.25) is 9.25 Å². The number of hydrogen-bond acceptors (Lipinski definition) is 8. The number of fused-ring (bicyclic) bond motifs is 3. The van der Waals surface area contributed by atoms with Crippen LogP contribution < -0.4 is 5.69 Å². The van der Waals surface area contributed by atoms with Gasteiger partial charge in [-0.2, -0.15) is 10.1 Å². The molecule has 1 saturated heterocycles. The van der Waals surface area contributed by atoms with Crippen LogP contribution in [0, 0.1) is 6.92 Å². The van der Waals surface area contributed by atoms with Gasteiger partial charge in [0.25, 0.3) is 0 Å². The van der Waals surface area contributed by atoms with Crippen LogP contribution in [0.2, 0.25) is 0 Å². The van der Waals surface area contributed by atoms with Gasteiger partial charge < -0.3 is 13.6 Å². The summed E-state index contributed by atoms with van der Waals surface area (Å²) in [6.45, 7) is 4.58. The summed E-state index contributed by atoms with van der Waals surface area (Å²) < 4.78 is 21.2. The van der Waals surface area contributed by atoms with Crippen LogP contribution in [0.4, 0.5) is 0 Å². The number of hydrogen-bond donors (Lipinski definition) is 0. The van der Waals surface area contributed by atoms with Gasteiger partial charge in [0, 0.05) is 37.0 Å². The van der Waals surface area contributed by atoms with Crippen molar-refractivity contribution in [3.8, 4) is 22.6 Å². The van der Waals surface area contributed by atoms with E-state index in [-0.39, 0.29) is 17.8 Å². The van der Waals surface area contributed by atoms with Gasteiger partial charge in [0.15, 0.2) is 17.7 Å². The van der Waals surface area contributed by atoms with Crippen molar-refractivity contribution in [3.05, 3.63) is 47.2 Å². The normalized spacial score (nSPS) is 18.8. The van der Waals surface area contributed by atoms with Crippen LogP contribution in [-0.2, 0) is 11.8 Å². The minimum absolute atomic E-state index is 0.0556. The number of aromatic nitrogens is 6. The lowest BCUT2D eigenvalue weighted by Gasteiger charge is -2.30. The van der Waals surface area contributed by atoms with Gasteiger partial charge in [0.2, 0.25) is 5.71 Å². The zero-order valence-corrected chi connectivity index (χ0v) is 19.2. The fourth-order valence-electron chi connectivity index (χ4n) is 4.85. The molecule has 0 aromatic carbocycles. The van der Waals surface area contributed by atoms with Crippen molar-refractivity contribution in [1.29, 1.82) is 0 Å². The highest BCUT2D eigenvalue weighted by molar-refractivity contribution is 6.06. The maximum Gasteiger partial charge on any atom is 0.349 e. The summed E-state index contributed by atoms with van der Waals surface area (Å²) in [6, 6.07) is 1.91. The average molecular weight is 460 g/mol. The molecule has 0 radical (unpaired) electrons. The van der Waals surface area contributed by atoms with Crippen molar-refractivity contribution in [2.45, 2.75) is 45.3 Å². The van der Waals surface area contributed by atoms with Crippen molar-refractivity contribution in [2.24, 2.45) is 7.05 Å². The highest BCUT2D eigenvalue weighted by Crippen LogP contribution is 2.38. The lowest BCUT2D eigenvalue weighted by atomic mass is 10.0. The third kappa shape index (κ3) is 3.25. The number of ether oxygens (including phenoxy) is 1. The lowest BCUT2D eigenvalue weighted by Crippen LogP contribution is -2.34. The molecule has 1 aliphatic rings. The number of oxazole rings is 1. The van der Waals surface area contributed by atoms with Gasteiger partial charge in [0.1, 0.15) is 11.2 Å². The Kier molecular flexibility index (Phi) is 4.84. The molecule has 0 N–H and O–H groups in total. The molecule has 0 spiro atoms. The van der Waals surface area contributed by atoms with Gasteiger partial charge in [0.05, 0.1) is 29.6 Å². The fourth-order valence-corrected chi connectivity index (χ4v) is 4.85. The second-order valence-corrected chi connectivity index (χ2v) is 8.71. The van der Waals surface area contributed by atoms with E-state index < -0.39 is 0 Å². The van der Waals surface area contributed by atoms with Crippen LogP contribution in [0.15, 0.2) is 44.7 Å². The zero-order chi connectivity index (χ0) is 23.4. The third-order valence-electron chi connectivity index (χ3n) is 6.55. The maximum absolute atomic E-state index is 13.5. The summed E-state index contributed by atoms with van der Waals surface area (Å²) >= 11 is 0. The molecular weight excluding hydrogens is 436 g/mol. The monoisotopic (exact) mass is 460 g/mol. The Bertz CT molecular complexity index is 1560. The Morgan fingerprint density at radius 2 is 2.12 bits per heavy atom.